The number of ether oxygens (including phenoxy) is 1. The quantitative estimate of drug-likeness (QED) is 0.733. The maximum absolute atomic E-state index is 9.97. The first-order valence-electron chi connectivity index (χ1n) is 5.78. The Hall–Kier alpha value is -0.120. The van der Waals surface area contributed by atoms with Crippen molar-refractivity contribution < 1.29 is 9.84 Å². The van der Waals surface area contributed by atoms with E-state index < -0.39 is 0 Å². The molecule has 1 N–H and O–H groups in total. The Morgan fingerprint density at radius 2 is 2.29 bits per heavy atom. The molecular formula is C11H21NO2. The number of likely N-dealkylation sites (tertiary alicyclic amines) is 1. The van der Waals surface area contributed by atoms with E-state index in [0.717, 1.165) is 39.1 Å². The fourth-order valence-corrected chi connectivity index (χ4v) is 2.62. The zero-order chi connectivity index (χ0) is 10.0. The summed E-state index contributed by atoms with van der Waals surface area (Å²) in [6, 6.07) is 0. The lowest BCUT2D eigenvalue weighted by Gasteiger charge is -2.47. The van der Waals surface area contributed by atoms with E-state index in [0.29, 0.717) is 6.10 Å². The van der Waals surface area contributed by atoms with Gasteiger partial charge in [0, 0.05) is 26.2 Å². The van der Waals surface area contributed by atoms with Crippen molar-refractivity contribution in [2.45, 2.75) is 44.3 Å². The Morgan fingerprint density at radius 3 is 2.86 bits per heavy atom. The molecule has 2 heterocycles. The van der Waals surface area contributed by atoms with Gasteiger partial charge in [0.15, 0.2) is 0 Å². The molecule has 0 aromatic carbocycles. The van der Waals surface area contributed by atoms with E-state index in [1.807, 2.05) is 0 Å². The van der Waals surface area contributed by atoms with Gasteiger partial charge in [0.1, 0.15) is 0 Å². The van der Waals surface area contributed by atoms with Crippen LogP contribution < -0.4 is 0 Å². The van der Waals surface area contributed by atoms with Crippen molar-refractivity contribution in [3.05, 3.63) is 0 Å². The molecule has 0 radical (unpaired) electrons. The van der Waals surface area contributed by atoms with Gasteiger partial charge in [-0.25, -0.2) is 0 Å². The van der Waals surface area contributed by atoms with E-state index in [1.165, 1.54) is 12.8 Å². The van der Waals surface area contributed by atoms with E-state index in [4.69, 9.17) is 4.74 Å². The van der Waals surface area contributed by atoms with Gasteiger partial charge < -0.3 is 9.84 Å². The summed E-state index contributed by atoms with van der Waals surface area (Å²) < 4.78 is 5.56. The second kappa shape index (κ2) is 4.17. The van der Waals surface area contributed by atoms with Gasteiger partial charge in [0.2, 0.25) is 0 Å². The minimum absolute atomic E-state index is 0.382. The molecular weight excluding hydrogens is 178 g/mol. The van der Waals surface area contributed by atoms with Crippen molar-refractivity contribution in [1.82, 2.24) is 4.90 Å². The maximum atomic E-state index is 9.97. The normalized spacial score (nSPS) is 31.7. The molecule has 0 aliphatic carbocycles. The SMILES string of the molecule is CCCC1(O)CN(CC2CCCO2)C1. The molecule has 1 atom stereocenters. The van der Waals surface area contributed by atoms with Crippen molar-refractivity contribution >= 4 is 0 Å². The number of hydrogen-bond donors (Lipinski definition) is 1. The maximum Gasteiger partial charge on any atom is 0.0900 e. The van der Waals surface area contributed by atoms with Gasteiger partial charge >= 0.3 is 0 Å². The van der Waals surface area contributed by atoms with Crippen molar-refractivity contribution in [3.8, 4) is 0 Å². The van der Waals surface area contributed by atoms with Crippen LogP contribution in [0.15, 0.2) is 0 Å². The van der Waals surface area contributed by atoms with Gasteiger partial charge in [-0.3, -0.25) is 4.90 Å². The number of aliphatic hydroxyl groups is 1. The summed E-state index contributed by atoms with van der Waals surface area (Å²) in [5.74, 6) is 0. The fraction of sp³-hybridized carbons (Fsp3) is 1.00. The zero-order valence-electron chi connectivity index (χ0n) is 9.04. The third-order valence-electron chi connectivity index (χ3n) is 3.24. The summed E-state index contributed by atoms with van der Waals surface area (Å²) in [6.07, 6.45) is 4.85. The van der Waals surface area contributed by atoms with Crippen LogP contribution in [0.2, 0.25) is 0 Å². The van der Waals surface area contributed by atoms with Crippen LogP contribution in [0.3, 0.4) is 0 Å². The molecule has 2 rings (SSSR count). The van der Waals surface area contributed by atoms with Crippen molar-refractivity contribution in [1.29, 1.82) is 0 Å². The Balaban J connectivity index is 1.66. The van der Waals surface area contributed by atoms with Gasteiger partial charge in [0.25, 0.3) is 0 Å². The molecule has 0 bridgehead atoms. The van der Waals surface area contributed by atoms with Crippen molar-refractivity contribution in [2.24, 2.45) is 0 Å². The van der Waals surface area contributed by atoms with Crippen LogP contribution in [0.25, 0.3) is 0 Å². The van der Waals surface area contributed by atoms with Crippen LogP contribution >= 0.6 is 0 Å². The highest BCUT2D eigenvalue weighted by molar-refractivity contribution is 4.95. The molecule has 1 unspecified atom stereocenters. The smallest absolute Gasteiger partial charge is 0.0900 e. The van der Waals surface area contributed by atoms with Crippen molar-refractivity contribution in [3.63, 3.8) is 0 Å². The van der Waals surface area contributed by atoms with Gasteiger partial charge in [-0.05, 0) is 19.3 Å². The van der Waals surface area contributed by atoms with Gasteiger partial charge in [-0.2, -0.15) is 0 Å². The van der Waals surface area contributed by atoms with Gasteiger partial charge in [-0.1, -0.05) is 13.3 Å². The first-order chi connectivity index (χ1) is 6.72. The van der Waals surface area contributed by atoms with E-state index in [2.05, 4.69) is 11.8 Å². The zero-order valence-corrected chi connectivity index (χ0v) is 9.04. The van der Waals surface area contributed by atoms with Gasteiger partial charge in [-0.15, -0.1) is 0 Å². The molecule has 0 saturated carbocycles. The molecule has 2 saturated heterocycles. The lowest BCUT2D eigenvalue weighted by molar-refractivity contribution is -0.114. The second-order valence-corrected chi connectivity index (χ2v) is 4.78. The first-order valence-corrected chi connectivity index (χ1v) is 5.78. The highest BCUT2D eigenvalue weighted by atomic mass is 16.5. The van der Waals surface area contributed by atoms with Crippen LogP contribution in [0.1, 0.15) is 32.6 Å². The molecule has 0 amide bonds. The number of rotatable bonds is 4. The summed E-state index contributed by atoms with van der Waals surface area (Å²) in [4.78, 5) is 2.31. The predicted octanol–water partition coefficient (Wildman–Crippen LogP) is 1.01. The summed E-state index contributed by atoms with van der Waals surface area (Å²) in [5, 5.41) is 9.97. The second-order valence-electron chi connectivity index (χ2n) is 4.78. The highest BCUT2D eigenvalue weighted by Crippen LogP contribution is 2.27. The topological polar surface area (TPSA) is 32.7 Å². The van der Waals surface area contributed by atoms with Crippen LogP contribution in [-0.2, 0) is 4.74 Å². The average molecular weight is 199 g/mol. The molecule has 3 heteroatoms. The summed E-state index contributed by atoms with van der Waals surface area (Å²) >= 11 is 0. The molecule has 0 aromatic rings. The van der Waals surface area contributed by atoms with E-state index >= 15 is 0 Å². The monoisotopic (exact) mass is 199 g/mol. The molecule has 14 heavy (non-hydrogen) atoms. The Bertz CT molecular complexity index is 184. The van der Waals surface area contributed by atoms with E-state index in [9.17, 15) is 5.11 Å². The molecule has 2 aliphatic rings. The summed E-state index contributed by atoms with van der Waals surface area (Å²) in [5.41, 5.74) is -0.382. The van der Waals surface area contributed by atoms with Crippen LogP contribution in [0.5, 0.6) is 0 Å². The van der Waals surface area contributed by atoms with Crippen LogP contribution in [0.4, 0.5) is 0 Å². The average Bonchev–Trinajstić information content (AvgIpc) is 2.54. The van der Waals surface area contributed by atoms with E-state index in [1.54, 1.807) is 0 Å². The molecule has 2 aliphatic heterocycles. The fourth-order valence-electron chi connectivity index (χ4n) is 2.62. The molecule has 82 valence electrons. The lowest BCUT2D eigenvalue weighted by atomic mass is 9.89. The number of nitrogens with zero attached hydrogens (tertiary/aromatic N) is 1. The molecule has 3 nitrogen and oxygen atoms in total. The Kier molecular flexibility index (Phi) is 3.10. The predicted molar refractivity (Wildman–Crippen MR) is 55.3 cm³/mol. The van der Waals surface area contributed by atoms with Crippen LogP contribution in [0, 0.1) is 0 Å². The molecule has 2 fully saturated rings. The minimum atomic E-state index is -0.382. The summed E-state index contributed by atoms with van der Waals surface area (Å²) in [7, 11) is 0. The standard InChI is InChI=1S/C11H21NO2/c1-2-5-11(13)8-12(9-11)7-10-4-3-6-14-10/h10,13H,2-9H2,1H3. The molecule has 0 spiro atoms. The summed E-state index contributed by atoms with van der Waals surface area (Å²) in [6.45, 7) is 5.77. The lowest BCUT2D eigenvalue weighted by Crippen LogP contribution is -2.62. The van der Waals surface area contributed by atoms with Crippen LogP contribution in [-0.4, -0.2) is 48.0 Å². The number of β-amino-alcohol motifs (C(OH)–C–C–N with tert-alkyl or cyclic N) is 1. The first kappa shape index (κ1) is 10.4. The van der Waals surface area contributed by atoms with E-state index in [-0.39, 0.29) is 5.60 Å². The minimum Gasteiger partial charge on any atom is -0.387 e. The Morgan fingerprint density at radius 1 is 1.50 bits per heavy atom. The third-order valence-corrected chi connectivity index (χ3v) is 3.24. The van der Waals surface area contributed by atoms with Crippen molar-refractivity contribution in [2.75, 3.05) is 26.2 Å². The Labute approximate surface area is 86.0 Å². The largest absolute Gasteiger partial charge is 0.387 e. The van der Waals surface area contributed by atoms with Gasteiger partial charge in [0.05, 0.1) is 11.7 Å². The number of hydrogen-bond acceptors (Lipinski definition) is 3. The third kappa shape index (κ3) is 2.27. The highest BCUT2D eigenvalue weighted by Gasteiger charge is 2.40. The molecule has 0 aromatic heterocycles.